The zero-order valence-electron chi connectivity index (χ0n) is 12.6. The Bertz CT molecular complexity index is 676. The molecule has 2 aromatic carbocycles. The van der Waals surface area contributed by atoms with Gasteiger partial charge < -0.3 is 5.11 Å². The summed E-state index contributed by atoms with van der Waals surface area (Å²) in [6.07, 6.45) is 3.81. The molecule has 0 aliphatic carbocycles. The third-order valence-corrected chi connectivity index (χ3v) is 3.40. The van der Waals surface area contributed by atoms with Gasteiger partial charge in [0.1, 0.15) is 0 Å². The summed E-state index contributed by atoms with van der Waals surface area (Å²) in [5.74, 6) is -0.904. The largest absolute Gasteiger partial charge is 0.478 e. The topological polar surface area (TPSA) is 37.3 Å². The van der Waals surface area contributed by atoms with Gasteiger partial charge in [0.25, 0.3) is 0 Å². The molecule has 0 saturated carbocycles. The molecule has 0 aliphatic rings. The molecule has 0 radical (unpaired) electrons. The van der Waals surface area contributed by atoms with Crippen molar-refractivity contribution < 1.29 is 9.90 Å². The second kappa shape index (κ2) is 5.96. The summed E-state index contributed by atoms with van der Waals surface area (Å²) in [5, 5.41) is 9.18. The van der Waals surface area contributed by atoms with Gasteiger partial charge in [-0.2, -0.15) is 0 Å². The van der Waals surface area contributed by atoms with Crippen LogP contribution in [0.4, 0.5) is 0 Å². The van der Waals surface area contributed by atoms with Gasteiger partial charge in [0.05, 0.1) is 5.56 Å². The first-order valence-electron chi connectivity index (χ1n) is 6.99. The van der Waals surface area contributed by atoms with Gasteiger partial charge in [0, 0.05) is 0 Å². The maximum atomic E-state index is 11.2. The molecule has 0 amide bonds. The minimum Gasteiger partial charge on any atom is -0.478 e. The van der Waals surface area contributed by atoms with E-state index in [1.807, 2.05) is 36.4 Å². The fourth-order valence-electron chi connectivity index (χ4n) is 2.13. The minimum absolute atomic E-state index is 0.100. The Labute approximate surface area is 125 Å². The van der Waals surface area contributed by atoms with Crippen LogP contribution in [0.25, 0.3) is 12.2 Å². The number of rotatable bonds is 3. The highest BCUT2D eigenvalue weighted by Gasteiger charge is 2.13. The van der Waals surface area contributed by atoms with Crippen molar-refractivity contribution in [2.24, 2.45) is 0 Å². The van der Waals surface area contributed by atoms with Crippen molar-refractivity contribution in [2.45, 2.75) is 26.2 Å². The highest BCUT2D eigenvalue weighted by Crippen LogP contribution is 2.23. The maximum Gasteiger partial charge on any atom is 0.336 e. The van der Waals surface area contributed by atoms with E-state index in [1.165, 1.54) is 5.56 Å². The van der Waals surface area contributed by atoms with E-state index in [-0.39, 0.29) is 5.41 Å². The van der Waals surface area contributed by atoms with E-state index in [0.717, 1.165) is 5.56 Å². The molecule has 0 bridgehead atoms. The molecule has 108 valence electrons. The standard InChI is InChI=1S/C19H20O2/c1-19(2,3)16-9-6-7-14(13-16)11-12-15-8-4-5-10-17(15)18(20)21/h4-13H,1-3H3,(H,20,21). The first-order chi connectivity index (χ1) is 9.88. The lowest BCUT2D eigenvalue weighted by Gasteiger charge is -2.19. The van der Waals surface area contributed by atoms with Crippen LogP contribution in [-0.2, 0) is 5.41 Å². The highest BCUT2D eigenvalue weighted by atomic mass is 16.4. The molecular weight excluding hydrogens is 260 g/mol. The molecule has 2 nitrogen and oxygen atoms in total. The van der Waals surface area contributed by atoms with E-state index in [9.17, 15) is 9.90 Å². The molecule has 0 aliphatic heterocycles. The van der Waals surface area contributed by atoms with E-state index in [0.29, 0.717) is 11.1 Å². The molecule has 0 unspecified atom stereocenters. The average Bonchev–Trinajstić information content (AvgIpc) is 2.45. The number of hydrogen-bond donors (Lipinski definition) is 1. The predicted molar refractivity (Wildman–Crippen MR) is 87.5 cm³/mol. The minimum atomic E-state index is -0.904. The second-order valence-electron chi connectivity index (χ2n) is 6.10. The summed E-state index contributed by atoms with van der Waals surface area (Å²) >= 11 is 0. The second-order valence-corrected chi connectivity index (χ2v) is 6.10. The molecule has 1 N–H and O–H groups in total. The Morgan fingerprint density at radius 3 is 2.38 bits per heavy atom. The van der Waals surface area contributed by atoms with E-state index >= 15 is 0 Å². The van der Waals surface area contributed by atoms with Crippen molar-refractivity contribution in [3.63, 3.8) is 0 Å². The van der Waals surface area contributed by atoms with Crippen LogP contribution in [-0.4, -0.2) is 11.1 Å². The van der Waals surface area contributed by atoms with Crippen LogP contribution in [0.2, 0.25) is 0 Å². The summed E-state index contributed by atoms with van der Waals surface area (Å²) < 4.78 is 0. The van der Waals surface area contributed by atoms with Gasteiger partial charge in [0.2, 0.25) is 0 Å². The zero-order chi connectivity index (χ0) is 15.5. The number of carbonyl (C=O) groups is 1. The SMILES string of the molecule is CC(C)(C)c1cccc(C=Cc2ccccc2C(=O)O)c1. The van der Waals surface area contributed by atoms with Crippen LogP contribution < -0.4 is 0 Å². The molecule has 0 spiro atoms. The lowest BCUT2D eigenvalue weighted by Crippen LogP contribution is -2.10. The summed E-state index contributed by atoms with van der Waals surface area (Å²) in [7, 11) is 0. The molecule has 2 rings (SSSR count). The monoisotopic (exact) mass is 280 g/mol. The van der Waals surface area contributed by atoms with Gasteiger partial charge in [-0.25, -0.2) is 4.79 Å². The van der Waals surface area contributed by atoms with Gasteiger partial charge in [-0.05, 0) is 28.2 Å². The van der Waals surface area contributed by atoms with Crippen molar-refractivity contribution in [3.8, 4) is 0 Å². The molecule has 21 heavy (non-hydrogen) atoms. The van der Waals surface area contributed by atoms with Crippen LogP contribution in [0, 0.1) is 0 Å². The number of aromatic carboxylic acids is 1. The number of carboxylic acids is 1. The first-order valence-corrected chi connectivity index (χ1v) is 6.99. The van der Waals surface area contributed by atoms with Crippen LogP contribution in [0.5, 0.6) is 0 Å². The zero-order valence-corrected chi connectivity index (χ0v) is 12.6. The van der Waals surface area contributed by atoms with Crippen molar-refractivity contribution in [3.05, 3.63) is 70.8 Å². The van der Waals surface area contributed by atoms with Crippen LogP contribution >= 0.6 is 0 Å². The summed E-state index contributed by atoms with van der Waals surface area (Å²) in [5.41, 5.74) is 3.47. The Hall–Kier alpha value is -2.35. The third kappa shape index (κ3) is 3.82. The fraction of sp³-hybridized carbons (Fsp3) is 0.211. The number of carboxylic acid groups (broad SMARTS) is 1. The normalized spacial score (nSPS) is 11.8. The fourth-order valence-corrected chi connectivity index (χ4v) is 2.13. The molecule has 0 fully saturated rings. The van der Waals surface area contributed by atoms with Crippen molar-refractivity contribution in [1.29, 1.82) is 0 Å². The number of benzene rings is 2. The summed E-state index contributed by atoms with van der Waals surface area (Å²) in [6, 6.07) is 15.3. The Morgan fingerprint density at radius 1 is 1.00 bits per heavy atom. The lowest BCUT2D eigenvalue weighted by atomic mass is 9.86. The van der Waals surface area contributed by atoms with E-state index in [2.05, 4.69) is 32.9 Å². The van der Waals surface area contributed by atoms with Gasteiger partial charge in [0.15, 0.2) is 0 Å². The summed E-state index contributed by atoms with van der Waals surface area (Å²) in [6.45, 7) is 6.53. The van der Waals surface area contributed by atoms with Gasteiger partial charge in [-0.15, -0.1) is 0 Å². The van der Waals surface area contributed by atoms with E-state index < -0.39 is 5.97 Å². The van der Waals surface area contributed by atoms with Crippen LogP contribution in [0.15, 0.2) is 48.5 Å². The molecule has 0 aromatic heterocycles. The highest BCUT2D eigenvalue weighted by molar-refractivity contribution is 5.93. The van der Waals surface area contributed by atoms with Crippen molar-refractivity contribution in [1.82, 2.24) is 0 Å². The average molecular weight is 280 g/mol. The maximum absolute atomic E-state index is 11.2. The van der Waals surface area contributed by atoms with E-state index in [1.54, 1.807) is 12.1 Å². The molecule has 0 heterocycles. The van der Waals surface area contributed by atoms with Crippen LogP contribution in [0.3, 0.4) is 0 Å². The van der Waals surface area contributed by atoms with Crippen LogP contribution in [0.1, 0.15) is 47.8 Å². The summed E-state index contributed by atoms with van der Waals surface area (Å²) in [4.78, 5) is 11.2. The van der Waals surface area contributed by atoms with Crippen molar-refractivity contribution in [2.75, 3.05) is 0 Å². The molecule has 2 aromatic rings. The molecule has 0 atom stereocenters. The van der Waals surface area contributed by atoms with Gasteiger partial charge in [-0.3, -0.25) is 0 Å². The lowest BCUT2D eigenvalue weighted by molar-refractivity contribution is 0.0696. The first kappa shape index (κ1) is 15.0. The Kier molecular flexibility index (Phi) is 4.27. The molecular formula is C19H20O2. The molecule has 0 saturated heterocycles. The predicted octanol–water partition coefficient (Wildman–Crippen LogP) is 4.85. The quantitative estimate of drug-likeness (QED) is 0.816. The van der Waals surface area contributed by atoms with Gasteiger partial charge in [-0.1, -0.05) is 75.4 Å². The van der Waals surface area contributed by atoms with E-state index in [4.69, 9.17) is 0 Å². The van der Waals surface area contributed by atoms with Gasteiger partial charge >= 0.3 is 5.97 Å². The Morgan fingerprint density at radius 2 is 1.71 bits per heavy atom. The molecule has 2 heteroatoms. The third-order valence-electron chi connectivity index (χ3n) is 3.40. The Balaban J connectivity index is 2.33. The van der Waals surface area contributed by atoms with Crippen molar-refractivity contribution >= 4 is 18.1 Å². The number of hydrogen-bond acceptors (Lipinski definition) is 1. The smallest absolute Gasteiger partial charge is 0.336 e.